The molecule has 4 nitrogen and oxygen atoms in total. The van der Waals surface area contributed by atoms with Gasteiger partial charge in [-0.05, 0) is 49.2 Å². The third kappa shape index (κ3) is 5.55. The van der Waals surface area contributed by atoms with Gasteiger partial charge in [0.15, 0.2) is 0 Å². The number of halogens is 1. The molecule has 1 saturated heterocycles. The van der Waals surface area contributed by atoms with Gasteiger partial charge in [-0.25, -0.2) is 4.98 Å². The minimum absolute atomic E-state index is 0.141. The van der Waals surface area contributed by atoms with Crippen molar-refractivity contribution in [3.63, 3.8) is 0 Å². The minimum atomic E-state index is -0.141. The summed E-state index contributed by atoms with van der Waals surface area (Å²) in [6.07, 6.45) is 6.87. The highest BCUT2D eigenvalue weighted by molar-refractivity contribution is 6.29. The number of amides is 1. The molecule has 132 valence electrons. The first-order valence-electron chi connectivity index (χ1n) is 8.90. The van der Waals surface area contributed by atoms with Crippen molar-refractivity contribution in [2.45, 2.75) is 38.8 Å². The number of hydrogen-bond donors (Lipinski definition) is 1. The summed E-state index contributed by atoms with van der Waals surface area (Å²) >= 11 is 5.82. The van der Waals surface area contributed by atoms with Crippen molar-refractivity contribution in [1.82, 2.24) is 15.2 Å². The molecule has 0 saturated carbocycles. The molecule has 1 aromatic carbocycles. The van der Waals surface area contributed by atoms with Crippen molar-refractivity contribution >= 4 is 17.5 Å². The highest BCUT2D eigenvalue weighted by atomic mass is 35.5. The highest BCUT2D eigenvalue weighted by Crippen LogP contribution is 2.14. The van der Waals surface area contributed by atoms with E-state index >= 15 is 0 Å². The van der Waals surface area contributed by atoms with Crippen LogP contribution in [0.15, 0.2) is 42.6 Å². The molecule has 1 aliphatic heterocycles. The maximum atomic E-state index is 12.1. The van der Waals surface area contributed by atoms with Crippen LogP contribution in [0.2, 0.25) is 5.15 Å². The maximum absolute atomic E-state index is 12.1. The Balaban J connectivity index is 1.51. The van der Waals surface area contributed by atoms with E-state index in [0.29, 0.717) is 17.3 Å². The monoisotopic (exact) mass is 357 g/mol. The summed E-state index contributed by atoms with van der Waals surface area (Å²) in [5.41, 5.74) is 2.95. The summed E-state index contributed by atoms with van der Waals surface area (Å²) in [6, 6.07) is 11.7. The number of pyridine rings is 1. The van der Waals surface area contributed by atoms with E-state index in [2.05, 4.69) is 39.5 Å². The number of carbonyl (C=O) groups excluding carboxylic acids is 1. The van der Waals surface area contributed by atoms with E-state index in [4.69, 9.17) is 11.6 Å². The van der Waals surface area contributed by atoms with Crippen LogP contribution in [-0.4, -0.2) is 28.9 Å². The van der Waals surface area contributed by atoms with Crippen LogP contribution in [0.3, 0.4) is 0 Å². The molecule has 0 aliphatic carbocycles. The van der Waals surface area contributed by atoms with E-state index in [-0.39, 0.29) is 5.91 Å². The van der Waals surface area contributed by atoms with Gasteiger partial charge in [-0.1, -0.05) is 48.7 Å². The summed E-state index contributed by atoms with van der Waals surface area (Å²) < 4.78 is 0. The molecule has 5 heteroatoms. The average Bonchev–Trinajstić information content (AvgIpc) is 2.89. The van der Waals surface area contributed by atoms with Crippen LogP contribution in [0.25, 0.3) is 0 Å². The molecule has 0 radical (unpaired) electrons. The Labute approximate surface area is 154 Å². The van der Waals surface area contributed by atoms with E-state index in [1.54, 1.807) is 12.1 Å². The molecule has 2 aromatic rings. The molecule has 1 N–H and O–H groups in total. The lowest BCUT2D eigenvalue weighted by Crippen LogP contribution is -2.24. The summed E-state index contributed by atoms with van der Waals surface area (Å²) in [7, 11) is 0. The number of aromatic nitrogens is 1. The van der Waals surface area contributed by atoms with Gasteiger partial charge in [-0.3, -0.25) is 9.69 Å². The van der Waals surface area contributed by atoms with E-state index in [1.807, 2.05) is 0 Å². The van der Waals surface area contributed by atoms with Crippen molar-refractivity contribution < 1.29 is 4.79 Å². The fourth-order valence-electron chi connectivity index (χ4n) is 3.14. The Bertz CT molecular complexity index is 694. The summed E-state index contributed by atoms with van der Waals surface area (Å²) in [5, 5.41) is 3.24. The Morgan fingerprint density at radius 2 is 1.72 bits per heavy atom. The summed E-state index contributed by atoms with van der Waals surface area (Å²) in [6.45, 7) is 3.92. The van der Waals surface area contributed by atoms with Crippen LogP contribution in [0.5, 0.6) is 0 Å². The molecule has 3 rings (SSSR count). The Morgan fingerprint density at radius 1 is 1.04 bits per heavy atom. The van der Waals surface area contributed by atoms with Crippen molar-refractivity contribution in [3.8, 4) is 0 Å². The lowest BCUT2D eigenvalue weighted by atomic mass is 10.1. The van der Waals surface area contributed by atoms with Gasteiger partial charge >= 0.3 is 0 Å². The third-order valence-corrected chi connectivity index (χ3v) is 4.78. The Hall–Kier alpha value is -1.91. The Morgan fingerprint density at radius 3 is 2.40 bits per heavy atom. The molecule has 1 fully saturated rings. The van der Waals surface area contributed by atoms with Crippen molar-refractivity contribution in [1.29, 1.82) is 0 Å². The molecule has 0 spiro atoms. The van der Waals surface area contributed by atoms with Gasteiger partial charge in [-0.15, -0.1) is 0 Å². The molecule has 0 bridgehead atoms. The van der Waals surface area contributed by atoms with Crippen LogP contribution < -0.4 is 5.32 Å². The van der Waals surface area contributed by atoms with Crippen molar-refractivity contribution in [2.24, 2.45) is 0 Å². The van der Waals surface area contributed by atoms with Crippen LogP contribution in [-0.2, 0) is 13.1 Å². The third-order valence-electron chi connectivity index (χ3n) is 4.57. The molecular weight excluding hydrogens is 334 g/mol. The van der Waals surface area contributed by atoms with E-state index in [9.17, 15) is 4.79 Å². The number of benzene rings is 1. The fourth-order valence-corrected chi connectivity index (χ4v) is 3.32. The molecule has 1 amide bonds. The molecule has 25 heavy (non-hydrogen) atoms. The van der Waals surface area contributed by atoms with E-state index in [0.717, 1.165) is 12.1 Å². The zero-order valence-corrected chi connectivity index (χ0v) is 15.1. The molecule has 1 aromatic heterocycles. The summed E-state index contributed by atoms with van der Waals surface area (Å²) in [5.74, 6) is -0.141. The number of nitrogens with one attached hydrogen (secondary N) is 1. The largest absolute Gasteiger partial charge is 0.348 e. The zero-order valence-electron chi connectivity index (χ0n) is 14.4. The molecular formula is C20H24ClN3O. The van der Waals surface area contributed by atoms with E-state index < -0.39 is 0 Å². The number of carbonyl (C=O) groups is 1. The van der Waals surface area contributed by atoms with Gasteiger partial charge in [0.2, 0.25) is 0 Å². The van der Waals surface area contributed by atoms with Crippen LogP contribution in [0.4, 0.5) is 0 Å². The summed E-state index contributed by atoms with van der Waals surface area (Å²) in [4.78, 5) is 18.6. The van der Waals surface area contributed by atoms with Gasteiger partial charge in [-0.2, -0.15) is 0 Å². The molecule has 1 aliphatic rings. The average molecular weight is 358 g/mol. The number of nitrogens with zero attached hydrogens (tertiary/aromatic N) is 2. The van der Waals surface area contributed by atoms with Gasteiger partial charge < -0.3 is 5.32 Å². The molecule has 2 heterocycles. The Kier molecular flexibility index (Phi) is 6.42. The first-order valence-corrected chi connectivity index (χ1v) is 9.28. The van der Waals surface area contributed by atoms with Gasteiger partial charge in [0, 0.05) is 24.8 Å². The minimum Gasteiger partial charge on any atom is -0.348 e. The van der Waals surface area contributed by atoms with Gasteiger partial charge in [0.05, 0.1) is 0 Å². The normalized spacial score (nSPS) is 15.6. The topological polar surface area (TPSA) is 45.2 Å². The molecule has 0 unspecified atom stereocenters. The van der Waals surface area contributed by atoms with Gasteiger partial charge in [0.25, 0.3) is 5.91 Å². The van der Waals surface area contributed by atoms with Crippen LogP contribution in [0.1, 0.15) is 47.2 Å². The fraction of sp³-hybridized carbons (Fsp3) is 0.400. The SMILES string of the molecule is O=C(NCc1ccc(CN2CCCCCC2)cc1)c1ccnc(Cl)c1. The predicted molar refractivity (Wildman–Crippen MR) is 101 cm³/mol. The zero-order chi connectivity index (χ0) is 17.5. The number of hydrogen-bond acceptors (Lipinski definition) is 3. The van der Waals surface area contributed by atoms with Crippen LogP contribution >= 0.6 is 11.6 Å². The maximum Gasteiger partial charge on any atom is 0.251 e. The molecule has 0 atom stereocenters. The van der Waals surface area contributed by atoms with Crippen molar-refractivity contribution in [2.75, 3.05) is 13.1 Å². The highest BCUT2D eigenvalue weighted by Gasteiger charge is 2.10. The standard InChI is InChI=1S/C20H24ClN3O/c21-19-13-18(9-10-22-19)20(25)23-14-16-5-7-17(8-6-16)15-24-11-3-1-2-4-12-24/h5-10,13H,1-4,11-12,14-15H2,(H,23,25). The lowest BCUT2D eigenvalue weighted by Gasteiger charge is -2.19. The van der Waals surface area contributed by atoms with E-state index in [1.165, 1.54) is 50.5 Å². The van der Waals surface area contributed by atoms with Crippen molar-refractivity contribution in [3.05, 3.63) is 64.4 Å². The predicted octanol–water partition coefficient (Wildman–Crippen LogP) is 4.04. The second-order valence-corrected chi connectivity index (χ2v) is 6.94. The quantitative estimate of drug-likeness (QED) is 0.821. The number of likely N-dealkylation sites (tertiary alicyclic amines) is 1. The van der Waals surface area contributed by atoms with Crippen LogP contribution in [0, 0.1) is 0 Å². The lowest BCUT2D eigenvalue weighted by molar-refractivity contribution is 0.0951. The second-order valence-electron chi connectivity index (χ2n) is 6.56. The second kappa shape index (κ2) is 8.97. The first kappa shape index (κ1) is 17.9. The smallest absolute Gasteiger partial charge is 0.251 e. The van der Waals surface area contributed by atoms with Gasteiger partial charge in [0.1, 0.15) is 5.15 Å². The first-order chi connectivity index (χ1) is 12.2. The number of rotatable bonds is 5.